The normalized spacial score (nSPS) is 14.4. The molecule has 0 atom stereocenters. The van der Waals surface area contributed by atoms with Crippen molar-refractivity contribution < 1.29 is 10.0 Å². The van der Waals surface area contributed by atoms with Crippen LogP contribution in [0.1, 0.15) is 18.4 Å². The van der Waals surface area contributed by atoms with Gasteiger partial charge in [0.25, 0.3) is 0 Å². The molecule has 3 rings (SSSR count). The molecule has 0 saturated heterocycles. The lowest BCUT2D eigenvalue weighted by molar-refractivity contribution is 0.416. The zero-order chi connectivity index (χ0) is 14.7. The molecular weight excluding hydrogens is 259 g/mol. The molecule has 0 unspecified atom stereocenters. The van der Waals surface area contributed by atoms with Gasteiger partial charge < -0.3 is 10.0 Å². The van der Waals surface area contributed by atoms with E-state index in [0.29, 0.717) is 11.9 Å². The van der Waals surface area contributed by atoms with Gasteiger partial charge in [-0.3, -0.25) is 0 Å². The van der Waals surface area contributed by atoms with Crippen LogP contribution in [0.5, 0.6) is 0 Å². The van der Waals surface area contributed by atoms with Crippen LogP contribution in [0.3, 0.4) is 0 Å². The first-order chi connectivity index (χ1) is 10.2. The van der Waals surface area contributed by atoms with E-state index in [1.165, 1.54) is 22.3 Å². The van der Waals surface area contributed by atoms with E-state index in [1.54, 1.807) is 0 Å². The molecular formula is C18H17BO2. The van der Waals surface area contributed by atoms with E-state index < -0.39 is 7.12 Å². The third-order valence-corrected chi connectivity index (χ3v) is 3.88. The molecule has 0 radical (unpaired) electrons. The number of allylic oxidation sites excluding steroid dienone is 4. The molecule has 0 aromatic heterocycles. The van der Waals surface area contributed by atoms with Crippen LogP contribution in [0.15, 0.2) is 72.2 Å². The van der Waals surface area contributed by atoms with Crippen LogP contribution in [0, 0.1) is 0 Å². The monoisotopic (exact) mass is 276 g/mol. The quantitative estimate of drug-likeness (QED) is 0.843. The Morgan fingerprint density at radius 2 is 1.29 bits per heavy atom. The number of hydrogen-bond acceptors (Lipinski definition) is 2. The second kappa shape index (κ2) is 6.12. The van der Waals surface area contributed by atoms with Gasteiger partial charge in [-0.2, -0.15) is 0 Å². The second-order valence-electron chi connectivity index (χ2n) is 5.25. The molecule has 104 valence electrons. The highest BCUT2D eigenvalue weighted by Gasteiger charge is 2.17. The molecule has 0 saturated carbocycles. The summed E-state index contributed by atoms with van der Waals surface area (Å²) in [6, 6.07) is 18.8. The van der Waals surface area contributed by atoms with Crippen LogP contribution in [0.25, 0.3) is 16.7 Å². The number of hydrogen-bond donors (Lipinski definition) is 2. The highest BCUT2D eigenvalue weighted by Crippen LogP contribution is 2.28. The Morgan fingerprint density at radius 1 is 0.667 bits per heavy atom. The molecule has 0 aliphatic heterocycles. The lowest BCUT2D eigenvalue weighted by atomic mass is 9.73. The summed E-state index contributed by atoms with van der Waals surface area (Å²) in [5.74, 6) is 0. The molecule has 1 aliphatic rings. The first-order valence-corrected chi connectivity index (χ1v) is 7.15. The molecule has 0 spiro atoms. The van der Waals surface area contributed by atoms with Gasteiger partial charge in [0.1, 0.15) is 0 Å². The molecule has 0 amide bonds. The molecule has 2 N–H and O–H groups in total. The van der Waals surface area contributed by atoms with Crippen molar-refractivity contribution in [1.82, 2.24) is 0 Å². The fraction of sp³-hybridized carbons (Fsp3) is 0.111. The van der Waals surface area contributed by atoms with Gasteiger partial charge >= 0.3 is 7.12 Å². The zero-order valence-corrected chi connectivity index (χ0v) is 11.7. The Morgan fingerprint density at radius 3 is 1.86 bits per heavy atom. The fourth-order valence-electron chi connectivity index (χ4n) is 2.62. The van der Waals surface area contributed by atoms with Crippen LogP contribution in [-0.2, 0) is 0 Å². The molecule has 0 fully saturated rings. The summed E-state index contributed by atoms with van der Waals surface area (Å²) < 4.78 is 0. The van der Waals surface area contributed by atoms with Crippen LogP contribution in [0.4, 0.5) is 0 Å². The van der Waals surface area contributed by atoms with Crippen molar-refractivity contribution in [2.24, 2.45) is 0 Å². The third-order valence-electron chi connectivity index (χ3n) is 3.88. The van der Waals surface area contributed by atoms with E-state index >= 15 is 0 Å². The predicted molar refractivity (Wildman–Crippen MR) is 87.4 cm³/mol. The number of rotatable bonds is 3. The summed E-state index contributed by atoms with van der Waals surface area (Å²) in [5, 5.41) is 18.3. The highest BCUT2D eigenvalue weighted by molar-refractivity contribution is 6.50. The van der Waals surface area contributed by atoms with Crippen molar-refractivity contribution in [1.29, 1.82) is 0 Å². The molecule has 2 aromatic carbocycles. The molecule has 0 bridgehead atoms. The Kier molecular flexibility index (Phi) is 4.04. The van der Waals surface area contributed by atoms with Crippen molar-refractivity contribution >= 4 is 12.7 Å². The Bertz CT molecular complexity index is 670. The maximum absolute atomic E-state index is 9.15. The van der Waals surface area contributed by atoms with E-state index in [0.717, 1.165) is 6.42 Å². The van der Waals surface area contributed by atoms with E-state index in [9.17, 15) is 0 Å². The largest absolute Gasteiger partial charge is 0.484 e. The van der Waals surface area contributed by atoms with E-state index in [-0.39, 0.29) is 0 Å². The van der Waals surface area contributed by atoms with Crippen molar-refractivity contribution in [2.75, 3.05) is 0 Å². The van der Waals surface area contributed by atoms with Gasteiger partial charge in [-0.1, -0.05) is 66.7 Å². The van der Waals surface area contributed by atoms with Crippen LogP contribution in [-0.4, -0.2) is 17.2 Å². The first-order valence-electron chi connectivity index (χ1n) is 7.15. The van der Waals surface area contributed by atoms with Gasteiger partial charge in [0, 0.05) is 0 Å². The summed E-state index contributed by atoms with van der Waals surface area (Å²) in [4.78, 5) is 0. The van der Waals surface area contributed by atoms with Crippen molar-refractivity contribution in [2.45, 2.75) is 12.8 Å². The lowest BCUT2D eigenvalue weighted by Crippen LogP contribution is -2.16. The van der Waals surface area contributed by atoms with Gasteiger partial charge in [0.2, 0.25) is 0 Å². The molecule has 1 aliphatic carbocycles. The molecule has 2 aromatic rings. The smallest absolute Gasteiger partial charge is 0.423 e. The second-order valence-corrected chi connectivity index (χ2v) is 5.25. The van der Waals surface area contributed by atoms with E-state index in [4.69, 9.17) is 10.0 Å². The minimum absolute atomic E-state index is 0.680. The molecule has 3 heteroatoms. The number of benzene rings is 2. The average Bonchev–Trinajstić information content (AvgIpc) is 2.56. The standard InChI is InChI=1S/C18H17BO2/c20-19(21)18-12-10-17(11-13-18)16-8-6-15(7-9-16)14-4-2-1-3-5-14/h1-10,12,20-21H,11,13H2. The summed E-state index contributed by atoms with van der Waals surface area (Å²) in [6.45, 7) is 0. The fourth-order valence-corrected chi connectivity index (χ4v) is 2.62. The minimum Gasteiger partial charge on any atom is -0.423 e. The van der Waals surface area contributed by atoms with Gasteiger partial charge in [-0.25, -0.2) is 0 Å². The molecule has 0 heterocycles. The van der Waals surface area contributed by atoms with Crippen molar-refractivity contribution in [3.8, 4) is 11.1 Å². The van der Waals surface area contributed by atoms with Crippen molar-refractivity contribution in [3.05, 3.63) is 77.8 Å². The summed E-state index contributed by atoms with van der Waals surface area (Å²) in [7, 11) is -1.33. The van der Waals surface area contributed by atoms with Crippen molar-refractivity contribution in [3.63, 3.8) is 0 Å². The summed E-state index contributed by atoms with van der Waals surface area (Å²) in [5.41, 5.74) is 5.53. The predicted octanol–water partition coefficient (Wildman–Crippen LogP) is 3.47. The van der Waals surface area contributed by atoms with Gasteiger partial charge in [0.05, 0.1) is 0 Å². The van der Waals surface area contributed by atoms with E-state index in [2.05, 4.69) is 36.4 Å². The van der Waals surface area contributed by atoms with Gasteiger partial charge in [0.15, 0.2) is 0 Å². The summed E-state index contributed by atoms with van der Waals surface area (Å²) >= 11 is 0. The molecule has 21 heavy (non-hydrogen) atoms. The Hall–Kier alpha value is -2.10. The Balaban J connectivity index is 1.83. The lowest BCUT2D eigenvalue weighted by Gasteiger charge is -2.14. The zero-order valence-electron chi connectivity index (χ0n) is 11.7. The molecule has 2 nitrogen and oxygen atoms in total. The minimum atomic E-state index is -1.33. The van der Waals surface area contributed by atoms with Crippen LogP contribution >= 0.6 is 0 Å². The SMILES string of the molecule is OB(O)C1=CC=C(c2ccc(-c3ccccc3)cc2)CC1. The first kappa shape index (κ1) is 13.9. The van der Waals surface area contributed by atoms with Gasteiger partial charge in [-0.15, -0.1) is 0 Å². The topological polar surface area (TPSA) is 40.5 Å². The maximum Gasteiger partial charge on any atom is 0.484 e. The van der Waals surface area contributed by atoms with E-state index in [1.807, 2.05) is 30.4 Å². The average molecular weight is 276 g/mol. The maximum atomic E-state index is 9.15. The van der Waals surface area contributed by atoms with Crippen LogP contribution in [0.2, 0.25) is 0 Å². The summed E-state index contributed by atoms with van der Waals surface area (Å²) in [6.07, 6.45) is 5.34. The van der Waals surface area contributed by atoms with Crippen LogP contribution < -0.4 is 0 Å². The highest BCUT2D eigenvalue weighted by atomic mass is 16.4. The Labute approximate surface area is 125 Å². The van der Waals surface area contributed by atoms with Gasteiger partial charge in [-0.05, 0) is 40.6 Å². The third kappa shape index (κ3) is 3.15.